The van der Waals surface area contributed by atoms with E-state index in [0.717, 1.165) is 25.7 Å². The molecule has 0 aliphatic heterocycles. The van der Waals surface area contributed by atoms with Gasteiger partial charge in [-0.2, -0.15) is 13.2 Å². The molecule has 2 aliphatic carbocycles. The highest BCUT2D eigenvalue weighted by Crippen LogP contribution is 2.48. The van der Waals surface area contributed by atoms with Crippen molar-refractivity contribution in [3.63, 3.8) is 0 Å². The minimum atomic E-state index is -5.34. The van der Waals surface area contributed by atoms with Crippen molar-refractivity contribution in [2.45, 2.75) is 51.0 Å². The number of ether oxygens (including phenoxy) is 1. The molecule has 2 atom stereocenters. The number of allylic oxidation sites excluding steroid dienone is 2. The van der Waals surface area contributed by atoms with E-state index in [1.54, 1.807) is 0 Å². The maximum Gasteiger partial charge on any atom is 0.511 e. The lowest BCUT2D eigenvalue weighted by Crippen LogP contribution is -2.40. The smallest absolute Gasteiger partial charge is 0.465 e. The molecule has 2 rings (SSSR count). The van der Waals surface area contributed by atoms with E-state index in [2.05, 4.69) is 13.0 Å². The number of nitrogens with one attached hydrogen (secondary N) is 1. The summed E-state index contributed by atoms with van der Waals surface area (Å²) in [6.07, 6.45) is 6.30. The summed E-state index contributed by atoms with van der Waals surface area (Å²) in [5, 5.41) is 0. The third kappa shape index (κ3) is 4.30. The van der Waals surface area contributed by atoms with Gasteiger partial charge in [0.2, 0.25) is 0 Å². The van der Waals surface area contributed by atoms with Crippen molar-refractivity contribution in [3.8, 4) is 0 Å². The predicted octanol–water partition coefficient (Wildman–Crippen LogP) is 2.89. The van der Waals surface area contributed by atoms with Gasteiger partial charge in [0.15, 0.2) is 0 Å². The van der Waals surface area contributed by atoms with E-state index in [4.69, 9.17) is 4.74 Å². The van der Waals surface area contributed by atoms with Gasteiger partial charge in [-0.05, 0) is 44.4 Å². The third-order valence-corrected chi connectivity index (χ3v) is 5.73. The molecule has 0 spiro atoms. The second kappa shape index (κ2) is 7.03. The van der Waals surface area contributed by atoms with Crippen molar-refractivity contribution in [2.75, 3.05) is 13.2 Å². The SMILES string of the molecule is CC1C=C2CCCC(C(=O)OCCCNS(=O)(=O)C(F)(F)F)(C2)C1. The molecule has 1 N–H and O–H groups in total. The Morgan fingerprint density at radius 2 is 2.17 bits per heavy atom. The molecule has 0 heterocycles. The van der Waals surface area contributed by atoms with Gasteiger partial charge in [-0.25, -0.2) is 13.1 Å². The molecule has 0 radical (unpaired) electrons. The van der Waals surface area contributed by atoms with Gasteiger partial charge >= 0.3 is 21.5 Å². The van der Waals surface area contributed by atoms with Gasteiger partial charge in [0.25, 0.3) is 0 Å². The maximum atomic E-state index is 12.4. The summed E-state index contributed by atoms with van der Waals surface area (Å²) in [4.78, 5) is 12.4. The van der Waals surface area contributed by atoms with Crippen molar-refractivity contribution in [2.24, 2.45) is 11.3 Å². The standard InChI is InChI=1S/C15H22F3NO4S/c1-11-8-12-4-2-5-14(9-11,10-12)13(20)23-7-3-6-19-24(21,22)15(16,17)18/h8,11,19H,2-7,9-10H2,1H3. The Kier molecular flexibility index (Phi) is 5.64. The van der Waals surface area contributed by atoms with Crippen LogP contribution in [-0.4, -0.2) is 33.0 Å². The van der Waals surface area contributed by atoms with E-state index < -0.39 is 27.5 Å². The Morgan fingerprint density at radius 1 is 1.46 bits per heavy atom. The second-order valence-electron chi connectivity index (χ2n) is 6.65. The molecule has 24 heavy (non-hydrogen) atoms. The molecule has 0 aromatic heterocycles. The minimum absolute atomic E-state index is 0.00458. The average Bonchev–Trinajstić information content (AvgIpc) is 2.44. The number of carbonyl (C=O) groups is 1. The lowest BCUT2D eigenvalue weighted by molar-refractivity contribution is -0.158. The van der Waals surface area contributed by atoms with Crippen LogP contribution in [0.1, 0.15) is 45.4 Å². The molecule has 9 heteroatoms. The fourth-order valence-corrected chi connectivity index (χ4v) is 4.17. The minimum Gasteiger partial charge on any atom is -0.465 e. The Labute approximate surface area is 139 Å². The highest BCUT2D eigenvalue weighted by Gasteiger charge is 2.46. The van der Waals surface area contributed by atoms with Crippen LogP contribution >= 0.6 is 0 Å². The average molecular weight is 369 g/mol. The Morgan fingerprint density at radius 3 is 2.83 bits per heavy atom. The van der Waals surface area contributed by atoms with E-state index in [-0.39, 0.29) is 19.0 Å². The van der Waals surface area contributed by atoms with E-state index in [1.165, 1.54) is 10.3 Å². The van der Waals surface area contributed by atoms with Gasteiger partial charge in [0, 0.05) is 6.54 Å². The second-order valence-corrected chi connectivity index (χ2v) is 8.41. The van der Waals surface area contributed by atoms with E-state index in [1.807, 2.05) is 0 Å². The lowest BCUT2D eigenvalue weighted by atomic mass is 9.64. The van der Waals surface area contributed by atoms with Crippen LogP contribution in [-0.2, 0) is 19.6 Å². The number of rotatable bonds is 6. The molecule has 2 unspecified atom stereocenters. The summed E-state index contributed by atoms with van der Waals surface area (Å²) >= 11 is 0. The van der Waals surface area contributed by atoms with Crippen molar-refractivity contribution in [1.29, 1.82) is 0 Å². The van der Waals surface area contributed by atoms with Gasteiger partial charge < -0.3 is 4.74 Å². The predicted molar refractivity (Wildman–Crippen MR) is 81.3 cm³/mol. The molecule has 1 fully saturated rings. The Bertz CT molecular complexity index is 615. The number of halogens is 3. The fraction of sp³-hybridized carbons (Fsp3) is 0.800. The molecule has 0 amide bonds. The van der Waals surface area contributed by atoms with Crippen LogP contribution in [0.3, 0.4) is 0 Å². The zero-order valence-corrected chi connectivity index (χ0v) is 14.3. The first kappa shape index (κ1) is 19.2. The molecule has 2 aliphatic rings. The van der Waals surface area contributed by atoms with Crippen LogP contribution in [0, 0.1) is 11.3 Å². The molecule has 0 saturated heterocycles. The van der Waals surface area contributed by atoms with Crippen LogP contribution in [0.2, 0.25) is 0 Å². The Balaban J connectivity index is 1.79. The number of carbonyl (C=O) groups excluding carboxylic acids is 1. The molecule has 0 aromatic rings. The van der Waals surface area contributed by atoms with Gasteiger partial charge in [0.05, 0.1) is 12.0 Å². The van der Waals surface area contributed by atoms with Gasteiger partial charge in [-0.3, -0.25) is 4.79 Å². The van der Waals surface area contributed by atoms with E-state index in [0.29, 0.717) is 12.3 Å². The van der Waals surface area contributed by atoms with Crippen molar-refractivity contribution >= 4 is 16.0 Å². The number of alkyl halides is 3. The highest BCUT2D eigenvalue weighted by atomic mass is 32.2. The molecule has 0 aromatic carbocycles. The number of hydrogen-bond acceptors (Lipinski definition) is 4. The van der Waals surface area contributed by atoms with Gasteiger partial charge in [-0.15, -0.1) is 0 Å². The largest absolute Gasteiger partial charge is 0.511 e. The van der Waals surface area contributed by atoms with Crippen LogP contribution in [0.5, 0.6) is 0 Å². The van der Waals surface area contributed by atoms with Crippen molar-refractivity contribution in [3.05, 3.63) is 11.6 Å². The summed E-state index contributed by atoms with van der Waals surface area (Å²) in [6, 6.07) is 0. The van der Waals surface area contributed by atoms with Crippen molar-refractivity contribution < 1.29 is 31.1 Å². The summed E-state index contributed by atoms with van der Waals surface area (Å²) in [7, 11) is -5.34. The normalized spacial score (nSPS) is 27.5. The number of esters is 1. The van der Waals surface area contributed by atoms with Gasteiger partial charge in [-0.1, -0.05) is 18.6 Å². The molecule has 138 valence electrons. The van der Waals surface area contributed by atoms with Crippen LogP contribution in [0.4, 0.5) is 13.2 Å². The summed E-state index contributed by atoms with van der Waals surface area (Å²) < 4.78 is 64.8. The van der Waals surface area contributed by atoms with Gasteiger partial charge in [0.1, 0.15) is 0 Å². The maximum absolute atomic E-state index is 12.4. The van der Waals surface area contributed by atoms with Crippen LogP contribution in [0.25, 0.3) is 0 Å². The zero-order valence-electron chi connectivity index (χ0n) is 13.5. The molecule has 2 bridgehead atoms. The third-order valence-electron chi connectivity index (χ3n) is 4.54. The lowest BCUT2D eigenvalue weighted by Gasteiger charge is -2.41. The highest BCUT2D eigenvalue weighted by molar-refractivity contribution is 7.90. The number of fused-ring (bicyclic) bond motifs is 2. The van der Waals surface area contributed by atoms with Crippen LogP contribution < -0.4 is 4.72 Å². The first-order valence-corrected chi connectivity index (χ1v) is 9.47. The fourth-order valence-electron chi connectivity index (χ4n) is 3.60. The molecular weight excluding hydrogens is 347 g/mol. The topological polar surface area (TPSA) is 72.5 Å². The van der Waals surface area contributed by atoms with Crippen molar-refractivity contribution in [1.82, 2.24) is 4.72 Å². The molecule has 1 saturated carbocycles. The first-order valence-electron chi connectivity index (χ1n) is 7.98. The molecule has 5 nitrogen and oxygen atoms in total. The number of sulfonamides is 1. The van der Waals surface area contributed by atoms with Crippen LogP contribution in [0.15, 0.2) is 11.6 Å². The summed E-state index contributed by atoms with van der Waals surface area (Å²) in [5.74, 6) is -0.0153. The van der Waals surface area contributed by atoms with E-state index >= 15 is 0 Å². The summed E-state index contributed by atoms with van der Waals surface area (Å²) in [5.41, 5.74) is -4.58. The Hall–Kier alpha value is -1.09. The number of hydrogen-bond donors (Lipinski definition) is 1. The van der Waals surface area contributed by atoms with E-state index in [9.17, 15) is 26.4 Å². The quantitative estimate of drug-likeness (QED) is 0.444. The summed E-state index contributed by atoms with van der Waals surface area (Å²) in [6.45, 7) is 1.52. The first-order chi connectivity index (χ1) is 11.1. The monoisotopic (exact) mass is 369 g/mol. The zero-order chi connectivity index (χ0) is 18.0. The molecular formula is C15H22F3NO4S.